The minimum Gasteiger partial charge on any atom is -0.285 e. The van der Waals surface area contributed by atoms with Crippen molar-refractivity contribution in [2.24, 2.45) is 0 Å². The molecule has 3 aromatic rings. The van der Waals surface area contributed by atoms with Crippen LogP contribution in [0.15, 0.2) is 63.5 Å². The number of hydrogen-bond acceptors (Lipinski definition) is 5. The maximum atomic E-state index is 13.0. The molecular formula is C16H15N3O2S2. The Kier molecular flexibility index (Phi) is 3.99. The Labute approximate surface area is 138 Å². The van der Waals surface area contributed by atoms with Crippen LogP contribution < -0.4 is 5.49 Å². The van der Waals surface area contributed by atoms with Crippen molar-refractivity contribution in [3.8, 4) is 0 Å². The fourth-order valence-electron chi connectivity index (χ4n) is 2.33. The molecule has 3 rings (SSSR count). The van der Waals surface area contributed by atoms with Crippen LogP contribution >= 0.6 is 11.8 Å². The van der Waals surface area contributed by atoms with E-state index in [1.807, 2.05) is 19.1 Å². The van der Waals surface area contributed by atoms with Crippen molar-refractivity contribution >= 4 is 27.2 Å². The third kappa shape index (κ3) is 2.66. The standard InChI is InChI=1S/C16H15N3O2S2/c1-11-8-9-19-13(10-11)18-16(22-2)14(15(19)17)23(20,21)12-6-4-3-5-7-12/h3-10,17H,1-2H3. The zero-order chi connectivity index (χ0) is 16.6. The van der Waals surface area contributed by atoms with E-state index < -0.39 is 9.84 Å². The smallest absolute Gasteiger partial charge is 0.212 e. The molecule has 0 saturated carbocycles. The minimum absolute atomic E-state index is 0.0578. The summed E-state index contributed by atoms with van der Waals surface area (Å²) in [7, 11) is -3.81. The lowest BCUT2D eigenvalue weighted by Crippen LogP contribution is -2.24. The van der Waals surface area contributed by atoms with Crippen molar-refractivity contribution in [3.05, 3.63) is 59.7 Å². The van der Waals surface area contributed by atoms with Gasteiger partial charge in [0, 0.05) is 6.20 Å². The number of nitrogens with one attached hydrogen (secondary N) is 1. The molecule has 0 unspecified atom stereocenters. The number of aryl methyl sites for hydroxylation is 1. The SMILES string of the molecule is CSc1nc2cc(C)ccn2c(=N)c1S(=O)(=O)c1ccccc1. The Morgan fingerprint density at radius 2 is 1.87 bits per heavy atom. The van der Waals surface area contributed by atoms with Gasteiger partial charge in [-0.1, -0.05) is 18.2 Å². The predicted molar refractivity (Wildman–Crippen MR) is 89.5 cm³/mol. The van der Waals surface area contributed by atoms with Crippen LogP contribution in [0.5, 0.6) is 0 Å². The summed E-state index contributed by atoms with van der Waals surface area (Å²) in [4.78, 5) is 4.54. The van der Waals surface area contributed by atoms with Gasteiger partial charge in [0.15, 0.2) is 5.49 Å². The molecule has 2 heterocycles. The summed E-state index contributed by atoms with van der Waals surface area (Å²) >= 11 is 1.23. The van der Waals surface area contributed by atoms with E-state index in [9.17, 15) is 8.42 Å². The number of rotatable bonds is 3. The average Bonchev–Trinajstić information content (AvgIpc) is 2.54. The molecule has 118 valence electrons. The van der Waals surface area contributed by atoms with Gasteiger partial charge in [-0.2, -0.15) is 0 Å². The maximum absolute atomic E-state index is 13.0. The van der Waals surface area contributed by atoms with Crippen LogP contribution in [0, 0.1) is 12.3 Å². The quantitative estimate of drug-likeness (QED) is 0.585. The summed E-state index contributed by atoms with van der Waals surface area (Å²) in [5.41, 5.74) is 1.48. The fourth-order valence-corrected chi connectivity index (χ4v) is 4.75. The Hall–Kier alpha value is -2.12. The highest BCUT2D eigenvalue weighted by molar-refractivity contribution is 7.99. The Balaban J connectivity index is 2.40. The number of pyridine rings is 1. The van der Waals surface area contributed by atoms with Gasteiger partial charge in [0.2, 0.25) is 9.84 Å². The highest BCUT2D eigenvalue weighted by Gasteiger charge is 2.25. The van der Waals surface area contributed by atoms with Crippen LogP contribution in [0.25, 0.3) is 5.65 Å². The zero-order valence-corrected chi connectivity index (χ0v) is 14.3. The molecule has 1 aromatic carbocycles. The summed E-state index contributed by atoms with van der Waals surface area (Å²) in [5.74, 6) is 0. The highest BCUT2D eigenvalue weighted by Crippen LogP contribution is 2.26. The first kappa shape index (κ1) is 15.8. The third-order valence-electron chi connectivity index (χ3n) is 3.47. The minimum atomic E-state index is -3.81. The van der Waals surface area contributed by atoms with Gasteiger partial charge in [0.05, 0.1) is 4.90 Å². The van der Waals surface area contributed by atoms with Gasteiger partial charge in [-0.3, -0.25) is 9.81 Å². The van der Waals surface area contributed by atoms with E-state index in [1.165, 1.54) is 28.3 Å². The molecule has 0 bridgehead atoms. The van der Waals surface area contributed by atoms with E-state index in [2.05, 4.69) is 4.98 Å². The van der Waals surface area contributed by atoms with Crippen LogP contribution in [0.4, 0.5) is 0 Å². The summed E-state index contributed by atoms with van der Waals surface area (Å²) in [6, 6.07) is 11.8. The van der Waals surface area contributed by atoms with Gasteiger partial charge in [-0.25, -0.2) is 13.4 Å². The van der Waals surface area contributed by atoms with Gasteiger partial charge >= 0.3 is 0 Å². The summed E-state index contributed by atoms with van der Waals surface area (Å²) in [6.45, 7) is 1.93. The normalized spacial score (nSPS) is 11.7. The van der Waals surface area contributed by atoms with Gasteiger partial charge in [0.1, 0.15) is 15.6 Å². The lowest BCUT2D eigenvalue weighted by Gasteiger charge is -2.12. The van der Waals surface area contributed by atoms with Crippen LogP contribution in [0.3, 0.4) is 0 Å². The predicted octanol–water partition coefficient (Wildman–Crippen LogP) is 2.68. The van der Waals surface area contributed by atoms with Crippen LogP contribution in [0.1, 0.15) is 5.56 Å². The van der Waals surface area contributed by atoms with Crippen LogP contribution in [-0.2, 0) is 9.84 Å². The second-order valence-corrected chi connectivity index (χ2v) is 7.73. The first-order valence-corrected chi connectivity index (χ1v) is 9.57. The number of benzene rings is 1. The van der Waals surface area contributed by atoms with Crippen molar-refractivity contribution in [2.45, 2.75) is 21.7 Å². The van der Waals surface area contributed by atoms with Crippen molar-refractivity contribution in [1.82, 2.24) is 9.38 Å². The van der Waals surface area contributed by atoms with Crippen molar-refractivity contribution in [3.63, 3.8) is 0 Å². The van der Waals surface area contributed by atoms with Crippen molar-refractivity contribution < 1.29 is 8.42 Å². The molecule has 0 amide bonds. The molecule has 5 nitrogen and oxygen atoms in total. The third-order valence-corrected chi connectivity index (χ3v) is 6.10. The van der Waals surface area contributed by atoms with Crippen molar-refractivity contribution in [2.75, 3.05) is 6.26 Å². The highest BCUT2D eigenvalue weighted by atomic mass is 32.2. The van der Waals surface area contributed by atoms with Gasteiger partial charge < -0.3 is 0 Å². The van der Waals surface area contributed by atoms with E-state index in [-0.39, 0.29) is 15.3 Å². The average molecular weight is 345 g/mol. The second-order valence-electron chi connectivity index (χ2n) is 5.05. The second kappa shape index (κ2) is 5.82. The van der Waals surface area contributed by atoms with Crippen molar-refractivity contribution in [1.29, 1.82) is 5.41 Å². The molecule has 0 saturated heterocycles. The molecule has 0 aliphatic heterocycles. The van der Waals surface area contributed by atoms with E-state index in [0.29, 0.717) is 10.7 Å². The van der Waals surface area contributed by atoms with E-state index >= 15 is 0 Å². The Morgan fingerprint density at radius 1 is 1.17 bits per heavy atom. The van der Waals surface area contributed by atoms with E-state index in [4.69, 9.17) is 5.41 Å². The first-order chi connectivity index (χ1) is 10.9. The molecule has 2 aromatic heterocycles. The molecule has 0 fully saturated rings. The molecule has 0 aliphatic rings. The lowest BCUT2D eigenvalue weighted by atomic mass is 10.3. The molecule has 0 atom stereocenters. The van der Waals surface area contributed by atoms with E-state index in [1.54, 1.807) is 30.7 Å². The number of sulfone groups is 1. The number of nitrogens with zero attached hydrogens (tertiary/aromatic N) is 2. The maximum Gasteiger partial charge on any atom is 0.212 e. The topological polar surface area (TPSA) is 75.3 Å². The largest absolute Gasteiger partial charge is 0.285 e. The monoisotopic (exact) mass is 345 g/mol. The van der Waals surface area contributed by atoms with Gasteiger partial charge in [-0.15, -0.1) is 11.8 Å². The molecule has 0 spiro atoms. The molecule has 0 aliphatic carbocycles. The lowest BCUT2D eigenvalue weighted by molar-refractivity contribution is 0.589. The molecule has 23 heavy (non-hydrogen) atoms. The number of aromatic nitrogens is 2. The van der Waals surface area contributed by atoms with Gasteiger partial charge in [0.25, 0.3) is 0 Å². The van der Waals surface area contributed by atoms with Crippen LogP contribution in [-0.4, -0.2) is 24.1 Å². The van der Waals surface area contributed by atoms with E-state index in [0.717, 1.165) is 5.56 Å². The molecule has 0 radical (unpaired) electrons. The molecule has 1 N–H and O–H groups in total. The number of fused-ring (bicyclic) bond motifs is 1. The van der Waals surface area contributed by atoms with Crippen LogP contribution in [0.2, 0.25) is 0 Å². The summed E-state index contributed by atoms with van der Waals surface area (Å²) < 4.78 is 27.4. The summed E-state index contributed by atoms with van der Waals surface area (Å²) in [6.07, 6.45) is 3.44. The Morgan fingerprint density at radius 3 is 2.52 bits per heavy atom. The molecule has 7 heteroatoms. The number of hydrogen-bond donors (Lipinski definition) is 1. The number of thioether (sulfide) groups is 1. The zero-order valence-electron chi connectivity index (χ0n) is 12.6. The van der Waals surface area contributed by atoms with Gasteiger partial charge in [-0.05, 0) is 43.0 Å². The fraction of sp³-hybridized carbons (Fsp3) is 0.125. The molecular weight excluding hydrogens is 330 g/mol. The first-order valence-electron chi connectivity index (χ1n) is 6.87. The summed E-state index contributed by atoms with van der Waals surface area (Å²) in [5, 5.41) is 8.73. The Bertz CT molecular complexity index is 1040.